The van der Waals surface area contributed by atoms with Gasteiger partial charge in [-0.1, -0.05) is 36.0 Å². The number of nitrogens with zero attached hydrogens (tertiary/aromatic N) is 2. The summed E-state index contributed by atoms with van der Waals surface area (Å²) >= 11 is 1.02. The van der Waals surface area contributed by atoms with Crippen LogP contribution >= 0.6 is 11.8 Å². The van der Waals surface area contributed by atoms with Crippen molar-refractivity contribution in [2.75, 3.05) is 12.4 Å². The van der Waals surface area contributed by atoms with Crippen LogP contribution in [-0.4, -0.2) is 38.6 Å². The molecule has 0 aliphatic rings. The molecule has 0 unspecified atom stereocenters. The molecule has 2 aromatic heterocycles. The largest absolute Gasteiger partial charge is 0.462 e. The van der Waals surface area contributed by atoms with Gasteiger partial charge in [0, 0.05) is 5.69 Å². The van der Waals surface area contributed by atoms with Gasteiger partial charge in [0.25, 0.3) is 5.56 Å². The molecule has 9 heteroatoms. The lowest BCUT2D eigenvalue weighted by Gasteiger charge is -2.13. The number of hydrogen-bond acceptors (Lipinski definition) is 6. The van der Waals surface area contributed by atoms with Crippen molar-refractivity contribution in [1.82, 2.24) is 14.5 Å². The number of aryl methyl sites for hydroxylation is 1. The number of aromatic nitrogens is 3. The average Bonchev–Trinajstić information content (AvgIpc) is 3.12. The van der Waals surface area contributed by atoms with Gasteiger partial charge in [-0.3, -0.25) is 14.2 Å². The van der Waals surface area contributed by atoms with Gasteiger partial charge in [-0.15, -0.1) is 0 Å². The minimum absolute atomic E-state index is 0.0530. The third-order valence-corrected chi connectivity index (χ3v) is 6.31. The van der Waals surface area contributed by atoms with Crippen LogP contribution in [0.4, 0.5) is 4.39 Å². The zero-order chi connectivity index (χ0) is 24.4. The Hall–Kier alpha value is -3.72. The molecule has 0 spiro atoms. The Morgan fingerprint density at radius 2 is 1.82 bits per heavy atom. The first-order valence-corrected chi connectivity index (χ1v) is 11.6. The number of carbonyl (C=O) groups excluding carboxylic acids is 2. The third kappa shape index (κ3) is 4.26. The van der Waals surface area contributed by atoms with E-state index in [1.165, 1.54) is 22.8 Å². The standard InChI is InChI=1S/C25H22FN3O4S/c1-4-33-24(32)21-14(2)22(27-15(21)3)20(30)13-34-25-28-18-11-7-5-9-16(18)23(31)29(25)19-12-8-6-10-17(19)26/h5-12,27H,4,13H2,1-3H3. The highest BCUT2D eigenvalue weighted by molar-refractivity contribution is 7.99. The number of nitrogens with one attached hydrogen (secondary N) is 1. The van der Waals surface area contributed by atoms with Gasteiger partial charge >= 0.3 is 5.97 Å². The van der Waals surface area contributed by atoms with E-state index >= 15 is 0 Å². The van der Waals surface area contributed by atoms with Crippen LogP contribution in [0.5, 0.6) is 0 Å². The molecule has 0 bridgehead atoms. The van der Waals surface area contributed by atoms with Gasteiger partial charge in [-0.25, -0.2) is 14.2 Å². The van der Waals surface area contributed by atoms with Crippen LogP contribution in [0, 0.1) is 19.7 Å². The van der Waals surface area contributed by atoms with Gasteiger partial charge in [0.1, 0.15) is 5.82 Å². The van der Waals surface area contributed by atoms with E-state index in [2.05, 4.69) is 9.97 Å². The molecule has 0 amide bonds. The van der Waals surface area contributed by atoms with Crippen LogP contribution in [0.2, 0.25) is 0 Å². The fourth-order valence-corrected chi connectivity index (χ4v) is 4.67. The predicted molar refractivity (Wildman–Crippen MR) is 129 cm³/mol. The third-order valence-electron chi connectivity index (χ3n) is 5.37. The molecule has 0 atom stereocenters. The summed E-state index contributed by atoms with van der Waals surface area (Å²) in [5.74, 6) is -1.44. The van der Waals surface area contributed by atoms with Crippen molar-refractivity contribution in [3.63, 3.8) is 0 Å². The number of thioether (sulfide) groups is 1. The number of Topliss-reactive ketones (excluding diaryl/α,β-unsaturated/α-hetero) is 1. The van der Waals surface area contributed by atoms with Crippen molar-refractivity contribution in [3.8, 4) is 5.69 Å². The molecule has 0 saturated carbocycles. The van der Waals surface area contributed by atoms with E-state index < -0.39 is 17.3 Å². The van der Waals surface area contributed by atoms with E-state index in [9.17, 15) is 18.8 Å². The molecule has 4 aromatic rings. The van der Waals surface area contributed by atoms with Crippen molar-refractivity contribution in [2.45, 2.75) is 25.9 Å². The Labute approximate surface area is 199 Å². The number of para-hydroxylation sites is 2. The van der Waals surface area contributed by atoms with Crippen LogP contribution < -0.4 is 5.56 Å². The van der Waals surface area contributed by atoms with E-state index in [4.69, 9.17) is 4.74 Å². The summed E-state index contributed by atoms with van der Waals surface area (Å²) < 4.78 is 20.9. The Balaban J connectivity index is 1.72. The Morgan fingerprint density at radius 3 is 2.56 bits per heavy atom. The number of rotatable bonds is 7. The SMILES string of the molecule is CCOC(=O)c1c(C)[nH]c(C(=O)CSc2nc3ccccc3c(=O)n2-c2ccccc2F)c1C. The Bertz CT molecular complexity index is 1480. The van der Waals surface area contributed by atoms with Crippen molar-refractivity contribution >= 4 is 34.4 Å². The second kappa shape index (κ2) is 9.64. The fraction of sp³-hybridized carbons (Fsp3) is 0.200. The molecule has 1 N–H and O–H groups in total. The summed E-state index contributed by atoms with van der Waals surface area (Å²) in [6.45, 7) is 5.31. The number of halogens is 1. The highest BCUT2D eigenvalue weighted by Crippen LogP contribution is 2.25. The van der Waals surface area contributed by atoms with Crippen LogP contribution in [0.25, 0.3) is 16.6 Å². The Morgan fingerprint density at radius 1 is 1.12 bits per heavy atom. The predicted octanol–water partition coefficient (Wildman–Crippen LogP) is 4.62. The topological polar surface area (TPSA) is 94.1 Å². The molecule has 34 heavy (non-hydrogen) atoms. The number of ketones is 1. The van der Waals surface area contributed by atoms with Crippen molar-refractivity contribution in [1.29, 1.82) is 0 Å². The summed E-state index contributed by atoms with van der Waals surface area (Å²) in [5.41, 5.74) is 1.73. The summed E-state index contributed by atoms with van der Waals surface area (Å²) in [4.78, 5) is 46.1. The lowest BCUT2D eigenvalue weighted by Crippen LogP contribution is -2.23. The minimum Gasteiger partial charge on any atom is -0.462 e. The van der Waals surface area contributed by atoms with Crippen molar-refractivity contribution in [2.24, 2.45) is 0 Å². The fourth-order valence-electron chi connectivity index (χ4n) is 3.80. The maximum absolute atomic E-state index is 14.6. The number of esters is 1. The van der Waals surface area contributed by atoms with Crippen molar-refractivity contribution < 1.29 is 18.7 Å². The van der Waals surface area contributed by atoms with Crippen LogP contribution in [0.1, 0.15) is 39.0 Å². The maximum atomic E-state index is 14.6. The Kier molecular flexibility index (Phi) is 6.65. The molecule has 2 heterocycles. The van der Waals surface area contributed by atoms with E-state index in [1.807, 2.05) is 0 Å². The summed E-state index contributed by atoms with van der Waals surface area (Å²) in [6, 6.07) is 12.7. The highest BCUT2D eigenvalue weighted by Gasteiger charge is 2.24. The van der Waals surface area contributed by atoms with Crippen LogP contribution in [-0.2, 0) is 4.74 Å². The minimum atomic E-state index is -0.579. The molecule has 4 rings (SSSR count). The molecule has 0 saturated heterocycles. The molecular weight excluding hydrogens is 457 g/mol. The highest BCUT2D eigenvalue weighted by atomic mass is 32.2. The monoisotopic (exact) mass is 479 g/mol. The van der Waals surface area contributed by atoms with Gasteiger partial charge < -0.3 is 9.72 Å². The number of hydrogen-bond donors (Lipinski definition) is 1. The number of aromatic amines is 1. The smallest absolute Gasteiger partial charge is 0.340 e. The first-order chi connectivity index (χ1) is 16.3. The van der Waals surface area contributed by atoms with Gasteiger partial charge in [0.15, 0.2) is 10.9 Å². The van der Waals surface area contributed by atoms with Gasteiger partial charge in [0.05, 0.1) is 40.2 Å². The molecule has 0 aliphatic carbocycles. The number of carbonyl (C=O) groups is 2. The molecule has 174 valence electrons. The molecule has 0 radical (unpaired) electrons. The van der Waals surface area contributed by atoms with Crippen LogP contribution in [0.15, 0.2) is 58.5 Å². The maximum Gasteiger partial charge on any atom is 0.340 e. The second-order valence-corrected chi connectivity index (χ2v) is 8.50. The number of fused-ring (bicyclic) bond motifs is 1. The first kappa shape index (κ1) is 23.4. The summed E-state index contributed by atoms with van der Waals surface area (Å²) in [7, 11) is 0. The van der Waals surface area contributed by atoms with E-state index in [1.54, 1.807) is 51.1 Å². The first-order valence-electron chi connectivity index (χ1n) is 10.6. The zero-order valence-corrected chi connectivity index (χ0v) is 19.7. The van der Waals surface area contributed by atoms with Crippen molar-refractivity contribution in [3.05, 3.63) is 87.2 Å². The normalized spacial score (nSPS) is 11.1. The molecule has 0 fully saturated rings. The number of ether oxygens (including phenoxy) is 1. The lowest BCUT2D eigenvalue weighted by atomic mass is 10.1. The lowest BCUT2D eigenvalue weighted by molar-refractivity contribution is 0.0525. The zero-order valence-electron chi connectivity index (χ0n) is 18.8. The van der Waals surface area contributed by atoms with E-state index in [0.29, 0.717) is 27.7 Å². The van der Waals surface area contributed by atoms with Gasteiger partial charge in [0.2, 0.25) is 0 Å². The van der Waals surface area contributed by atoms with Crippen LogP contribution in [0.3, 0.4) is 0 Å². The summed E-state index contributed by atoms with van der Waals surface area (Å²) in [5, 5.41) is 0.532. The second-order valence-electron chi connectivity index (χ2n) is 7.56. The molecule has 2 aromatic carbocycles. The number of H-pyrrole nitrogens is 1. The van der Waals surface area contributed by atoms with Gasteiger partial charge in [-0.05, 0) is 50.6 Å². The average molecular weight is 480 g/mol. The molecule has 0 aliphatic heterocycles. The van der Waals surface area contributed by atoms with E-state index in [0.717, 1.165) is 11.8 Å². The number of benzene rings is 2. The van der Waals surface area contributed by atoms with Gasteiger partial charge in [-0.2, -0.15) is 0 Å². The molecule has 7 nitrogen and oxygen atoms in total. The van der Waals surface area contributed by atoms with E-state index in [-0.39, 0.29) is 34.7 Å². The quantitative estimate of drug-likeness (QED) is 0.180. The molecular formula is C25H22FN3O4S. The summed E-state index contributed by atoms with van der Waals surface area (Å²) in [6.07, 6.45) is 0.